The topological polar surface area (TPSA) is 66.7 Å². The Balaban J connectivity index is 1.86. The average molecular weight is 428 g/mol. The Labute approximate surface area is 167 Å². The minimum atomic E-state index is -4.61. The number of nitrogens with zero attached hydrogens (tertiary/aromatic N) is 2. The predicted octanol–water partition coefficient (Wildman–Crippen LogP) is 5.64. The number of alkyl halides is 3. The highest BCUT2D eigenvalue weighted by Gasteiger charge is 2.38. The van der Waals surface area contributed by atoms with Crippen molar-refractivity contribution in [3.8, 4) is 21.9 Å². The number of thiazole rings is 1. The molecule has 3 aromatic rings. The molecule has 3 rings (SSSR count). The van der Waals surface area contributed by atoms with Crippen LogP contribution in [0.15, 0.2) is 47.6 Å². The molecule has 0 bridgehead atoms. The van der Waals surface area contributed by atoms with Crippen molar-refractivity contribution in [1.29, 1.82) is 0 Å². The number of nitrogens with one attached hydrogen (secondary N) is 1. The summed E-state index contributed by atoms with van der Waals surface area (Å²) in [7, 11) is 1.40. The van der Waals surface area contributed by atoms with Crippen LogP contribution in [0.4, 0.5) is 18.3 Å². The Morgan fingerprint density at radius 1 is 1.21 bits per heavy atom. The summed E-state index contributed by atoms with van der Waals surface area (Å²) in [4.78, 5) is 3.60. The third kappa shape index (κ3) is 4.55. The van der Waals surface area contributed by atoms with Gasteiger partial charge in [-0.25, -0.2) is 4.98 Å². The Bertz CT molecular complexity index is 1000. The number of rotatable bonds is 5. The minimum Gasteiger partial charge on any atom is -0.504 e. The van der Waals surface area contributed by atoms with Gasteiger partial charge in [0.1, 0.15) is 0 Å². The average Bonchev–Trinajstić information content (AvgIpc) is 3.08. The van der Waals surface area contributed by atoms with E-state index in [4.69, 9.17) is 16.3 Å². The van der Waals surface area contributed by atoms with Crippen LogP contribution in [-0.4, -0.2) is 23.4 Å². The van der Waals surface area contributed by atoms with Gasteiger partial charge in [0, 0.05) is 5.02 Å². The Morgan fingerprint density at radius 3 is 2.57 bits per heavy atom. The zero-order valence-electron chi connectivity index (χ0n) is 14.3. The molecular formula is C18H13ClF3N3O2S. The van der Waals surface area contributed by atoms with Gasteiger partial charge in [0.05, 0.1) is 18.2 Å². The van der Waals surface area contributed by atoms with Gasteiger partial charge in [0.25, 0.3) is 0 Å². The maximum absolute atomic E-state index is 13.3. The Hall–Kier alpha value is -2.78. The summed E-state index contributed by atoms with van der Waals surface area (Å²) in [6, 6.07) is 10.6. The maximum atomic E-state index is 13.3. The van der Waals surface area contributed by atoms with Crippen molar-refractivity contribution >= 4 is 34.3 Å². The first-order valence-corrected chi connectivity index (χ1v) is 8.97. The molecule has 0 amide bonds. The zero-order valence-corrected chi connectivity index (χ0v) is 15.9. The molecule has 2 N–H and O–H groups in total. The van der Waals surface area contributed by atoms with Crippen LogP contribution in [0.25, 0.3) is 10.4 Å². The number of hydrogen-bond acceptors (Lipinski definition) is 6. The lowest BCUT2D eigenvalue weighted by Crippen LogP contribution is -2.07. The first-order valence-electron chi connectivity index (χ1n) is 7.78. The van der Waals surface area contributed by atoms with Gasteiger partial charge in [-0.2, -0.15) is 18.3 Å². The molecule has 146 valence electrons. The molecule has 0 aliphatic rings. The number of benzene rings is 2. The summed E-state index contributed by atoms with van der Waals surface area (Å²) in [6.45, 7) is 0. The molecule has 10 heteroatoms. The van der Waals surface area contributed by atoms with Crippen LogP contribution in [0.2, 0.25) is 5.02 Å². The first kappa shape index (κ1) is 20.0. The number of aromatic hydroxyl groups is 1. The van der Waals surface area contributed by atoms with Gasteiger partial charge in [-0.1, -0.05) is 35.1 Å². The van der Waals surface area contributed by atoms with Gasteiger partial charge in [0.2, 0.25) is 5.13 Å². The molecule has 0 radical (unpaired) electrons. The minimum absolute atomic E-state index is 0.0146. The number of phenols is 1. The Kier molecular flexibility index (Phi) is 5.76. The number of ether oxygens (including phenoxy) is 1. The number of hydrazone groups is 1. The molecule has 0 aliphatic heterocycles. The summed E-state index contributed by atoms with van der Waals surface area (Å²) in [5.41, 5.74) is 2.44. The molecule has 0 spiro atoms. The van der Waals surface area contributed by atoms with Crippen LogP contribution >= 0.6 is 22.9 Å². The molecule has 0 aliphatic carbocycles. The van der Waals surface area contributed by atoms with E-state index in [2.05, 4.69) is 15.5 Å². The monoisotopic (exact) mass is 427 g/mol. The van der Waals surface area contributed by atoms with Crippen molar-refractivity contribution in [2.45, 2.75) is 6.18 Å². The fourth-order valence-electron chi connectivity index (χ4n) is 2.29. The zero-order chi connectivity index (χ0) is 20.3. The normalized spacial score (nSPS) is 11.8. The standard InChI is InChI=1S/C18H13ClF3N3O2S/c1-27-14-8-10(2-7-13(14)26)9-23-25-17-24-16(18(20,21)22)15(28-17)11-3-5-12(19)6-4-11/h2-9,26H,1H3,(H,24,25). The molecule has 28 heavy (non-hydrogen) atoms. The molecule has 2 aromatic carbocycles. The highest BCUT2D eigenvalue weighted by atomic mass is 35.5. The summed E-state index contributed by atoms with van der Waals surface area (Å²) >= 11 is 6.63. The van der Waals surface area contributed by atoms with Gasteiger partial charge >= 0.3 is 6.18 Å². The van der Waals surface area contributed by atoms with Crippen LogP contribution in [0.1, 0.15) is 11.3 Å². The molecule has 0 fully saturated rings. The number of methoxy groups -OCH3 is 1. The number of aromatic nitrogens is 1. The quantitative estimate of drug-likeness (QED) is 0.408. The van der Waals surface area contributed by atoms with Gasteiger partial charge < -0.3 is 9.84 Å². The molecule has 5 nitrogen and oxygen atoms in total. The largest absolute Gasteiger partial charge is 0.504 e. The number of hydrogen-bond donors (Lipinski definition) is 2. The highest BCUT2D eigenvalue weighted by Crippen LogP contribution is 2.42. The van der Waals surface area contributed by atoms with Crippen LogP contribution < -0.4 is 10.2 Å². The molecule has 1 heterocycles. The van der Waals surface area contributed by atoms with E-state index >= 15 is 0 Å². The van der Waals surface area contributed by atoms with E-state index in [-0.39, 0.29) is 21.5 Å². The molecular weight excluding hydrogens is 415 g/mol. The van der Waals surface area contributed by atoms with Crippen molar-refractivity contribution < 1.29 is 23.0 Å². The molecule has 0 unspecified atom stereocenters. The summed E-state index contributed by atoms with van der Waals surface area (Å²) < 4.78 is 45.0. The number of halogens is 4. The van der Waals surface area contributed by atoms with Gasteiger partial charge in [0.15, 0.2) is 17.2 Å². The molecule has 0 atom stereocenters. The number of anilines is 1. The fraction of sp³-hybridized carbons (Fsp3) is 0.111. The van der Waals surface area contributed by atoms with Gasteiger partial charge in [-0.05, 0) is 41.5 Å². The smallest absolute Gasteiger partial charge is 0.434 e. The van der Waals surface area contributed by atoms with Crippen LogP contribution in [0, 0.1) is 0 Å². The molecule has 1 aromatic heterocycles. The third-order valence-electron chi connectivity index (χ3n) is 3.58. The van der Waals surface area contributed by atoms with E-state index in [9.17, 15) is 18.3 Å². The van der Waals surface area contributed by atoms with Crippen molar-refractivity contribution in [3.05, 3.63) is 58.7 Å². The maximum Gasteiger partial charge on any atom is 0.434 e. The van der Waals surface area contributed by atoms with E-state index in [1.807, 2.05) is 0 Å². The second-order valence-corrected chi connectivity index (χ2v) is 6.94. The SMILES string of the molecule is COc1cc(C=NNc2nc(C(F)(F)F)c(-c3ccc(Cl)cc3)s2)ccc1O. The predicted molar refractivity (Wildman–Crippen MR) is 103 cm³/mol. The first-order chi connectivity index (χ1) is 13.3. The molecule has 0 saturated heterocycles. The van der Waals surface area contributed by atoms with Gasteiger partial charge in [-0.3, -0.25) is 5.43 Å². The van der Waals surface area contributed by atoms with Crippen LogP contribution in [0.3, 0.4) is 0 Å². The highest BCUT2D eigenvalue weighted by molar-refractivity contribution is 7.19. The van der Waals surface area contributed by atoms with E-state index in [1.54, 1.807) is 6.07 Å². The van der Waals surface area contributed by atoms with E-state index in [0.29, 0.717) is 16.1 Å². The second-order valence-electron chi connectivity index (χ2n) is 5.50. The van der Waals surface area contributed by atoms with Crippen molar-refractivity contribution in [1.82, 2.24) is 4.98 Å². The van der Waals surface area contributed by atoms with Crippen LogP contribution in [0.5, 0.6) is 11.5 Å². The van der Waals surface area contributed by atoms with Crippen molar-refractivity contribution in [2.75, 3.05) is 12.5 Å². The second kappa shape index (κ2) is 8.07. The lowest BCUT2D eigenvalue weighted by Gasteiger charge is -2.05. The van der Waals surface area contributed by atoms with Crippen molar-refractivity contribution in [2.24, 2.45) is 5.10 Å². The molecule has 0 saturated carbocycles. The van der Waals surface area contributed by atoms with Crippen molar-refractivity contribution in [3.63, 3.8) is 0 Å². The van der Waals surface area contributed by atoms with E-state index in [1.165, 1.54) is 49.7 Å². The lowest BCUT2D eigenvalue weighted by atomic mass is 10.1. The van der Waals surface area contributed by atoms with E-state index in [0.717, 1.165) is 11.3 Å². The fourth-order valence-corrected chi connectivity index (χ4v) is 3.36. The summed E-state index contributed by atoms with van der Waals surface area (Å²) in [5.74, 6) is 0.220. The van der Waals surface area contributed by atoms with Crippen LogP contribution in [-0.2, 0) is 6.18 Å². The summed E-state index contributed by atoms with van der Waals surface area (Å²) in [5, 5.41) is 13.9. The van der Waals surface area contributed by atoms with E-state index < -0.39 is 11.9 Å². The Morgan fingerprint density at radius 2 is 1.93 bits per heavy atom. The summed E-state index contributed by atoms with van der Waals surface area (Å²) in [6.07, 6.45) is -3.24. The third-order valence-corrected chi connectivity index (χ3v) is 4.84. The lowest BCUT2D eigenvalue weighted by molar-refractivity contribution is -0.140. The number of phenolic OH excluding ortho intramolecular Hbond substituents is 1. The van der Waals surface area contributed by atoms with Gasteiger partial charge in [-0.15, -0.1) is 0 Å².